The van der Waals surface area contributed by atoms with Gasteiger partial charge in [-0.2, -0.15) is 5.01 Å². The lowest BCUT2D eigenvalue weighted by atomic mass is 10.2. The highest BCUT2D eigenvalue weighted by atomic mass is 35.5. The monoisotopic (exact) mass is 408 g/mol. The number of nitrogens with zero attached hydrogens (tertiary/aromatic N) is 1. The second-order valence-corrected chi connectivity index (χ2v) is 7.51. The fourth-order valence-corrected chi connectivity index (χ4v) is 3.77. The average Bonchev–Trinajstić information content (AvgIpc) is 2.83. The van der Waals surface area contributed by atoms with Crippen LogP contribution in [-0.4, -0.2) is 21.1 Å². The molecule has 3 rings (SSSR count). The Bertz CT molecular complexity index is 901. The number of hydrogen-bond acceptors (Lipinski definition) is 4. The van der Waals surface area contributed by atoms with Crippen molar-refractivity contribution >= 4 is 69.4 Å². The number of thiocarbonyl (C=S) groups is 1. The molecule has 2 aromatic carbocycles. The Morgan fingerprint density at radius 2 is 1.88 bits per heavy atom. The van der Waals surface area contributed by atoms with Gasteiger partial charge in [0.25, 0.3) is 11.8 Å². The Kier molecular flexibility index (Phi) is 5.44. The number of hydrazine groups is 1. The van der Waals surface area contributed by atoms with Crippen molar-refractivity contribution in [3.63, 3.8) is 0 Å². The molecule has 8 heteroatoms. The van der Waals surface area contributed by atoms with Gasteiger partial charge in [-0.1, -0.05) is 65.3 Å². The summed E-state index contributed by atoms with van der Waals surface area (Å²) in [4.78, 5) is 25.3. The van der Waals surface area contributed by atoms with E-state index < -0.39 is 11.8 Å². The molecule has 2 aromatic rings. The molecule has 4 nitrogen and oxygen atoms in total. The molecule has 0 spiro atoms. The number of rotatable bonds is 3. The molecule has 25 heavy (non-hydrogen) atoms. The van der Waals surface area contributed by atoms with E-state index in [1.165, 1.54) is 12.1 Å². The molecule has 126 valence electrons. The molecule has 0 atom stereocenters. The first kappa shape index (κ1) is 17.9. The first-order valence-electron chi connectivity index (χ1n) is 7.05. The molecule has 1 aliphatic rings. The lowest BCUT2D eigenvalue weighted by molar-refractivity contribution is -0.123. The summed E-state index contributed by atoms with van der Waals surface area (Å²) in [7, 11) is 0. The predicted molar refractivity (Wildman–Crippen MR) is 105 cm³/mol. The summed E-state index contributed by atoms with van der Waals surface area (Å²) in [6.45, 7) is 0. The topological polar surface area (TPSA) is 49.4 Å². The van der Waals surface area contributed by atoms with E-state index in [-0.39, 0.29) is 14.9 Å². The fourth-order valence-electron chi connectivity index (χ4n) is 2.10. The van der Waals surface area contributed by atoms with Gasteiger partial charge in [-0.15, -0.1) is 0 Å². The van der Waals surface area contributed by atoms with Gasteiger partial charge in [0.1, 0.15) is 0 Å². The minimum absolute atomic E-state index is 0.190. The summed E-state index contributed by atoms with van der Waals surface area (Å²) in [5, 5.41) is 1.65. The van der Waals surface area contributed by atoms with Crippen molar-refractivity contribution in [1.82, 2.24) is 10.4 Å². The summed E-state index contributed by atoms with van der Waals surface area (Å²) in [6.07, 6.45) is 1.72. The van der Waals surface area contributed by atoms with Gasteiger partial charge >= 0.3 is 0 Å². The molecule has 1 N–H and O–H groups in total. The van der Waals surface area contributed by atoms with E-state index in [4.69, 9.17) is 35.4 Å². The third-order valence-corrected chi connectivity index (χ3v) is 5.13. The molecule has 0 saturated carbocycles. The molecule has 0 aliphatic carbocycles. The van der Waals surface area contributed by atoms with Crippen LogP contribution in [0.4, 0.5) is 0 Å². The number of benzene rings is 2. The lowest BCUT2D eigenvalue weighted by Gasteiger charge is -2.16. The summed E-state index contributed by atoms with van der Waals surface area (Å²) in [5.74, 6) is -0.934. The van der Waals surface area contributed by atoms with E-state index in [0.717, 1.165) is 22.3 Å². The van der Waals surface area contributed by atoms with E-state index in [1.807, 2.05) is 30.3 Å². The number of thioether (sulfide) groups is 1. The van der Waals surface area contributed by atoms with E-state index in [2.05, 4.69) is 5.43 Å². The van der Waals surface area contributed by atoms with Gasteiger partial charge in [0.2, 0.25) is 0 Å². The largest absolute Gasteiger partial charge is 0.285 e. The number of carbonyl (C=O) groups excluding carboxylic acids is 2. The van der Waals surface area contributed by atoms with Crippen LogP contribution in [0.5, 0.6) is 0 Å². The molecule has 0 aromatic heterocycles. The molecule has 0 radical (unpaired) electrons. The van der Waals surface area contributed by atoms with Crippen molar-refractivity contribution in [2.75, 3.05) is 0 Å². The van der Waals surface area contributed by atoms with Crippen LogP contribution in [0.3, 0.4) is 0 Å². The molecule has 0 unspecified atom stereocenters. The van der Waals surface area contributed by atoms with Crippen LogP contribution in [-0.2, 0) is 4.79 Å². The van der Waals surface area contributed by atoms with Crippen molar-refractivity contribution < 1.29 is 9.59 Å². The Hall–Kier alpha value is -1.86. The van der Waals surface area contributed by atoms with Gasteiger partial charge < -0.3 is 0 Å². The molecule has 1 heterocycles. The van der Waals surface area contributed by atoms with Gasteiger partial charge in [-0.05, 0) is 42.1 Å². The van der Waals surface area contributed by atoms with Crippen molar-refractivity contribution in [2.45, 2.75) is 0 Å². The number of carbonyl (C=O) groups is 2. The molecule has 2 amide bonds. The maximum atomic E-state index is 12.5. The standard InChI is InChI=1S/C17H10Cl2N2O2S2/c18-11-6-7-12(13(19)9-11)15(22)20-21-16(23)14(25-17(21)24)8-10-4-2-1-3-5-10/h1-9H,(H,20,22)/b14-8+. The minimum atomic E-state index is -0.543. The first-order chi connectivity index (χ1) is 12.0. The Morgan fingerprint density at radius 3 is 2.56 bits per heavy atom. The highest BCUT2D eigenvalue weighted by molar-refractivity contribution is 8.26. The van der Waals surface area contributed by atoms with Crippen molar-refractivity contribution in [3.8, 4) is 0 Å². The van der Waals surface area contributed by atoms with E-state index in [0.29, 0.717) is 9.93 Å². The molecule has 1 aliphatic heterocycles. The van der Waals surface area contributed by atoms with Crippen LogP contribution >= 0.6 is 47.2 Å². The van der Waals surface area contributed by atoms with Crippen LogP contribution in [0.1, 0.15) is 15.9 Å². The summed E-state index contributed by atoms with van der Waals surface area (Å²) < 4.78 is 0.241. The van der Waals surface area contributed by atoms with Gasteiger partial charge in [0.15, 0.2) is 4.32 Å². The zero-order valence-electron chi connectivity index (χ0n) is 12.5. The van der Waals surface area contributed by atoms with Crippen LogP contribution in [0.15, 0.2) is 53.4 Å². The molecular formula is C17H10Cl2N2O2S2. The maximum Gasteiger partial charge on any atom is 0.285 e. The second-order valence-electron chi connectivity index (χ2n) is 4.99. The first-order valence-corrected chi connectivity index (χ1v) is 9.03. The van der Waals surface area contributed by atoms with Crippen molar-refractivity contribution in [3.05, 3.63) is 74.6 Å². The van der Waals surface area contributed by atoms with Crippen LogP contribution in [0.25, 0.3) is 6.08 Å². The minimum Gasteiger partial charge on any atom is -0.267 e. The highest BCUT2D eigenvalue weighted by Gasteiger charge is 2.34. The van der Waals surface area contributed by atoms with Gasteiger partial charge in [-0.3, -0.25) is 15.0 Å². The zero-order chi connectivity index (χ0) is 18.0. The highest BCUT2D eigenvalue weighted by Crippen LogP contribution is 2.31. The van der Waals surface area contributed by atoms with E-state index in [9.17, 15) is 9.59 Å². The quantitative estimate of drug-likeness (QED) is 0.598. The normalized spacial score (nSPS) is 15.8. The summed E-state index contributed by atoms with van der Waals surface area (Å²) in [5.41, 5.74) is 3.56. The molecule has 0 bridgehead atoms. The number of halogens is 2. The second kappa shape index (κ2) is 7.58. The van der Waals surface area contributed by atoms with Crippen molar-refractivity contribution in [1.29, 1.82) is 0 Å². The number of nitrogens with one attached hydrogen (secondary N) is 1. The third-order valence-electron chi connectivity index (χ3n) is 3.28. The van der Waals surface area contributed by atoms with E-state index >= 15 is 0 Å². The smallest absolute Gasteiger partial charge is 0.267 e. The lowest BCUT2D eigenvalue weighted by Crippen LogP contribution is -2.44. The SMILES string of the molecule is O=C(NN1C(=O)/C(=C\c2ccccc2)SC1=S)c1ccc(Cl)cc1Cl. The Labute approximate surface area is 163 Å². The van der Waals surface area contributed by atoms with E-state index in [1.54, 1.807) is 12.1 Å². The predicted octanol–water partition coefficient (Wildman–Crippen LogP) is 4.54. The van der Waals surface area contributed by atoms with Crippen molar-refractivity contribution in [2.24, 2.45) is 0 Å². The van der Waals surface area contributed by atoms with Gasteiger partial charge in [0.05, 0.1) is 15.5 Å². The summed E-state index contributed by atoms with van der Waals surface area (Å²) in [6, 6.07) is 13.9. The Balaban J connectivity index is 1.79. The molecule has 1 saturated heterocycles. The fraction of sp³-hybridized carbons (Fsp3) is 0. The number of hydrogen-bond donors (Lipinski definition) is 1. The number of amides is 2. The van der Waals surface area contributed by atoms with Gasteiger partial charge in [-0.25, -0.2) is 0 Å². The van der Waals surface area contributed by atoms with Crippen LogP contribution < -0.4 is 5.43 Å². The van der Waals surface area contributed by atoms with Crippen LogP contribution in [0, 0.1) is 0 Å². The third kappa shape index (κ3) is 4.04. The zero-order valence-corrected chi connectivity index (χ0v) is 15.7. The van der Waals surface area contributed by atoms with Gasteiger partial charge in [0, 0.05) is 5.02 Å². The summed E-state index contributed by atoms with van der Waals surface area (Å²) >= 11 is 18.2. The Morgan fingerprint density at radius 1 is 1.16 bits per heavy atom. The maximum absolute atomic E-state index is 12.5. The molecule has 1 fully saturated rings. The molecular weight excluding hydrogens is 399 g/mol. The van der Waals surface area contributed by atoms with Crippen LogP contribution in [0.2, 0.25) is 10.0 Å². The average molecular weight is 409 g/mol.